The zero-order valence-electron chi connectivity index (χ0n) is 13.4. The van der Waals surface area contributed by atoms with E-state index in [1.807, 2.05) is 0 Å². The van der Waals surface area contributed by atoms with Gasteiger partial charge in [-0.1, -0.05) is 23.2 Å². The second kappa shape index (κ2) is 8.00. The predicted octanol–water partition coefficient (Wildman–Crippen LogP) is 3.67. The van der Waals surface area contributed by atoms with Crippen molar-refractivity contribution in [2.45, 2.75) is 6.92 Å². The molecule has 2 amide bonds. The van der Waals surface area contributed by atoms with Gasteiger partial charge < -0.3 is 15.4 Å². The molecule has 0 bridgehead atoms. The Morgan fingerprint density at radius 2 is 1.56 bits per heavy atom. The Hall–Kier alpha value is -2.57. The highest BCUT2D eigenvalue weighted by molar-refractivity contribution is 6.45. The SMILES string of the molecule is COC(=O)c1ccc(Cl)c(NC(=O)C(=O)Nc2ccc(Cl)cc2C)c1. The Morgan fingerprint density at radius 1 is 0.920 bits per heavy atom. The van der Waals surface area contributed by atoms with Gasteiger partial charge in [0.2, 0.25) is 0 Å². The molecule has 2 N–H and O–H groups in total. The number of rotatable bonds is 3. The Kier molecular flexibility index (Phi) is 6.01. The second-order valence-electron chi connectivity index (χ2n) is 5.05. The van der Waals surface area contributed by atoms with Gasteiger partial charge in [-0.3, -0.25) is 9.59 Å². The number of hydrogen-bond donors (Lipinski definition) is 2. The fourth-order valence-electron chi connectivity index (χ4n) is 1.99. The van der Waals surface area contributed by atoms with E-state index < -0.39 is 17.8 Å². The molecule has 25 heavy (non-hydrogen) atoms. The third-order valence-corrected chi connectivity index (χ3v) is 3.84. The Balaban J connectivity index is 2.13. The van der Waals surface area contributed by atoms with Crippen LogP contribution in [0.15, 0.2) is 36.4 Å². The first kappa shape index (κ1) is 18.8. The van der Waals surface area contributed by atoms with Crippen LogP contribution in [0.3, 0.4) is 0 Å². The number of anilines is 2. The van der Waals surface area contributed by atoms with Gasteiger partial charge in [-0.25, -0.2) is 4.79 Å². The molecule has 0 saturated heterocycles. The molecule has 0 atom stereocenters. The highest BCUT2D eigenvalue weighted by atomic mass is 35.5. The lowest BCUT2D eigenvalue weighted by Crippen LogP contribution is -2.29. The zero-order valence-corrected chi connectivity index (χ0v) is 14.9. The van der Waals surface area contributed by atoms with Crippen molar-refractivity contribution in [1.29, 1.82) is 0 Å². The Morgan fingerprint density at radius 3 is 2.16 bits per heavy atom. The standard InChI is InChI=1S/C17H14Cl2N2O4/c1-9-7-11(18)4-6-13(9)20-15(22)16(23)21-14-8-10(17(24)25-2)3-5-12(14)19/h3-8H,1-2H3,(H,20,22)(H,21,23). The molecular weight excluding hydrogens is 367 g/mol. The minimum Gasteiger partial charge on any atom is -0.465 e. The molecule has 2 aromatic rings. The van der Waals surface area contributed by atoms with Crippen LogP contribution in [0.2, 0.25) is 10.0 Å². The van der Waals surface area contributed by atoms with Gasteiger partial charge in [0, 0.05) is 10.7 Å². The van der Waals surface area contributed by atoms with Gasteiger partial charge in [0.05, 0.1) is 23.4 Å². The quantitative estimate of drug-likeness (QED) is 0.628. The number of benzene rings is 2. The number of ether oxygens (including phenoxy) is 1. The van der Waals surface area contributed by atoms with Crippen LogP contribution in [0, 0.1) is 6.92 Å². The summed E-state index contributed by atoms with van der Waals surface area (Å²) < 4.78 is 4.60. The van der Waals surface area contributed by atoms with Crippen LogP contribution in [0.5, 0.6) is 0 Å². The smallest absolute Gasteiger partial charge is 0.337 e. The van der Waals surface area contributed by atoms with Crippen molar-refractivity contribution in [2.24, 2.45) is 0 Å². The first-order chi connectivity index (χ1) is 11.8. The van der Waals surface area contributed by atoms with E-state index in [-0.39, 0.29) is 16.3 Å². The second-order valence-corrected chi connectivity index (χ2v) is 5.90. The summed E-state index contributed by atoms with van der Waals surface area (Å²) in [6.07, 6.45) is 0. The minimum atomic E-state index is -0.932. The number of methoxy groups -OCH3 is 1. The molecule has 0 aromatic heterocycles. The summed E-state index contributed by atoms with van der Waals surface area (Å²) >= 11 is 11.8. The lowest BCUT2D eigenvalue weighted by molar-refractivity contribution is -0.133. The number of halogens is 2. The number of hydrogen-bond acceptors (Lipinski definition) is 4. The van der Waals surface area contributed by atoms with Crippen molar-refractivity contribution in [3.63, 3.8) is 0 Å². The summed E-state index contributed by atoms with van der Waals surface area (Å²) in [4.78, 5) is 35.7. The average Bonchev–Trinajstić information content (AvgIpc) is 2.58. The molecule has 8 heteroatoms. The van der Waals surface area contributed by atoms with Gasteiger partial charge in [-0.15, -0.1) is 0 Å². The number of carbonyl (C=O) groups excluding carboxylic acids is 3. The molecule has 0 aliphatic heterocycles. The molecule has 0 fully saturated rings. The van der Waals surface area contributed by atoms with E-state index in [0.29, 0.717) is 16.3 Å². The normalized spacial score (nSPS) is 10.1. The molecule has 0 spiro atoms. The van der Waals surface area contributed by atoms with Gasteiger partial charge in [0.25, 0.3) is 0 Å². The monoisotopic (exact) mass is 380 g/mol. The summed E-state index contributed by atoms with van der Waals surface area (Å²) in [5, 5.41) is 5.54. The van der Waals surface area contributed by atoms with Crippen molar-refractivity contribution in [3.8, 4) is 0 Å². The first-order valence-corrected chi connectivity index (χ1v) is 7.83. The van der Waals surface area contributed by atoms with E-state index in [2.05, 4.69) is 15.4 Å². The van der Waals surface area contributed by atoms with E-state index in [9.17, 15) is 14.4 Å². The van der Waals surface area contributed by atoms with Crippen LogP contribution in [0.4, 0.5) is 11.4 Å². The van der Waals surface area contributed by atoms with Gasteiger partial charge >= 0.3 is 17.8 Å². The Bertz CT molecular complexity index is 853. The molecule has 0 radical (unpaired) electrons. The summed E-state index contributed by atoms with van der Waals surface area (Å²) in [6, 6.07) is 9.04. The molecule has 2 aromatic carbocycles. The topological polar surface area (TPSA) is 84.5 Å². The lowest BCUT2D eigenvalue weighted by Gasteiger charge is -2.10. The lowest BCUT2D eigenvalue weighted by atomic mass is 10.2. The number of aryl methyl sites for hydroxylation is 1. The predicted molar refractivity (Wildman–Crippen MR) is 96.2 cm³/mol. The van der Waals surface area contributed by atoms with Crippen molar-refractivity contribution >= 4 is 52.4 Å². The van der Waals surface area contributed by atoms with Crippen LogP contribution >= 0.6 is 23.2 Å². The molecule has 130 valence electrons. The van der Waals surface area contributed by atoms with Gasteiger partial charge in [-0.2, -0.15) is 0 Å². The zero-order chi connectivity index (χ0) is 18.6. The van der Waals surface area contributed by atoms with Crippen LogP contribution in [-0.4, -0.2) is 24.9 Å². The highest BCUT2D eigenvalue weighted by Crippen LogP contribution is 2.24. The van der Waals surface area contributed by atoms with E-state index in [4.69, 9.17) is 23.2 Å². The fraction of sp³-hybridized carbons (Fsp3) is 0.118. The van der Waals surface area contributed by atoms with E-state index in [0.717, 1.165) is 0 Å². The maximum absolute atomic E-state index is 12.1. The minimum absolute atomic E-state index is 0.123. The summed E-state index contributed by atoms with van der Waals surface area (Å²) in [6.45, 7) is 1.75. The molecule has 2 rings (SSSR count). The molecule has 6 nitrogen and oxygen atoms in total. The van der Waals surface area contributed by atoms with E-state index >= 15 is 0 Å². The number of carbonyl (C=O) groups is 3. The van der Waals surface area contributed by atoms with Crippen molar-refractivity contribution in [1.82, 2.24) is 0 Å². The fourth-order valence-corrected chi connectivity index (χ4v) is 2.38. The van der Waals surface area contributed by atoms with Crippen molar-refractivity contribution in [3.05, 3.63) is 57.6 Å². The van der Waals surface area contributed by atoms with Gasteiger partial charge in [0.15, 0.2) is 0 Å². The molecular formula is C17H14Cl2N2O4. The Labute approximate surface area is 154 Å². The van der Waals surface area contributed by atoms with Gasteiger partial charge in [-0.05, 0) is 48.9 Å². The molecule has 0 heterocycles. The molecule has 0 saturated carbocycles. The average molecular weight is 381 g/mol. The van der Waals surface area contributed by atoms with Crippen LogP contribution in [0.25, 0.3) is 0 Å². The van der Waals surface area contributed by atoms with E-state index in [1.54, 1.807) is 25.1 Å². The molecule has 0 unspecified atom stereocenters. The van der Waals surface area contributed by atoms with Crippen molar-refractivity contribution < 1.29 is 19.1 Å². The third kappa shape index (κ3) is 4.71. The largest absolute Gasteiger partial charge is 0.465 e. The first-order valence-electron chi connectivity index (χ1n) is 7.08. The summed E-state index contributed by atoms with van der Waals surface area (Å²) in [5.74, 6) is -2.41. The summed E-state index contributed by atoms with van der Waals surface area (Å²) in [7, 11) is 1.23. The maximum Gasteiger partial charge on any atom is 0.337 e. The van der Waals surface area contributed by atoms with Crippen molar-refractivity contribution in [2.75, 3.05) is 17.7 Å². The molecule has 0 aliphatic rings. The van der Waals surface area contributed by atoms with Gasteiger partial charge in [0.1, 0.15) is 0 Å². The summed E-state index contributed by atoms with van der Waals surface area (Å²) in [5.41, 5.74) is 1.48. The maximum atomic E-state index is 12.1. The number of nitrogens with one attached hydrogen (secondary N) is 2. The van der Waals surface area contributed by atoms with E-state index in [1.165, 1.54) is 25.3 Å². The van der Waals surface area contributed by atoms with Crippen LogP contribution in [-0.2, 0) is 14.3 Å². The number of esters is 1. The third-order valence-electron chi connectivity index (χ3n) is 3.28. The molecule has 0 aliphatic carbocycles. The highest BCUT2D eigenvalue weighted by Gasteiger charge is 2.17. The van der Waals surface area contributed by atoms with Crippen LogP contribution < -0.4 is 10.6 Å². The van der Waals surface area contributed by atoms with Crippen LogP contribution in [0.1, 0.15) is 15.9 Å². The number of amides is 2.